The zero-order valence-electron chi connectivity index (χ0n) is 10.0. The molecule has 0 radical (unpaired) electrons. The number of rotatable bonds is 4. The number of aliphatic imine (C=N–C) groups is 1. The Morgan fingerprint density at radius 1 is 1.61 bits per heavy atom. The van der Waals surface area contributed by atoms with Crippen molar-refractivity contribution >= 4 is 17.4 Å². The fourth-order valence-electron chi connectivity index (χ4n) is 1.81. The molecule has 1 aliphatic heterocycles. The Kier molecular flexibility index (Phi) is 4.13. The first-order valence-electron chi connectivity index (χ1n) is 5.54. The van der Waals surface area contributed by atoms with E-state index in [1.807, 2.05) is 11.0 Å². The summed E-state index contributed by atoms with van der Waals surface area (Å²) in [6, 6.07) is 5.78. The van der Waals surface area contributed by atoms with E-state index in [1.165, 1.54) is 0 Å². The second kappa shape index (κ2) is 5.80. The lowest BCUT2D eigenvalue weighted by molar-refractivity contribution is 0.103. The molecule has 1 unspecified atom stereocenters. The van der Waals surface area contributed by atoms with E-state index in [1.54, 1.807) is 19.4 Å². The van der Waals surface area contributed by atoms with Gasteiger partial charge in [-0.3, -0.25) is 0 Å². The summed E-state index contributed by atoms with van der Waals surface area (Å²) in [6.45, 7) is 1.32. The molecule has 0 saturated carbocycles. The van der Waals surface area contributed by atoms with Crippen molar-refractivity contribution in [1.29, 1.82) is 5.26 Å². The number of hydrogen-bond acceptors (Lipinski definition) is 5. The average Bonchev–Trinajstić information content (AvgIpc) is 2.75. The van der Waals surface area contributed by atoms with Crippen LogP contribution in [0.1, 0.15) is 12.0 Å². The summed E-state index contributed by atoms with van der Waals surface area (Å²) in [5.41, 5.74) is 1.03. The summed E-state index contributed by atoms with van der Waals surface area (Å²) in [4.78, 5) is 10.4. The van der Waals surface area contributed by atoms with E-state index in [4.69, 9.17) is 21.6 Å². The minimum atomic E-state index is -0.186. The molecule has 0 saturated heterocycles. The molecule has 2 heterocycles. The van der Waals surface area contributed by atoms with Gasteiger partial charge in [-0.1, -0.05) is 17.7 Å². The van der Waals surface area contributed by atoms with Crippen LogP contribution in [0.2, 0.25) is 5.15 Å². The molecule has 0 aliphatic carbocycles. The summed E-state index contributed by atoms with van der Waals surface area (Å²) >= 11 is 5.74. The van der Waals surface area contributed by atoms with E-state index in [-0.39, 0.29) is 6.23 Å². The SMILES string of the molecule is COC1CN(Cc2ccc(Cl)nc2)C(CC#N)=N1. The molecule has 1 atom stereocenters. The Labute approximate surface area is 111 Å². The van der Waals surface area contributed by atoms with Gasteiger partial charge in [0.25, 0.3) is 0 Å². The molecule has 0 spiro atoms. The minimum Gasteiger partial charge on any atom is -0.358 e. The topological polar surface area (TPSA) is 61.5 Å². The predicted octanol–water partition coefficient (Wildman–Crippen LogP) is 1.84. The summed E-state index contributed by atoms with van der Waals surface area (Å²) in [5, 5.41) is 9.25. The number of ether oxygens (including phenoxy) is 1. The fourth-order valence-corrected chi connectivity index (χ4v) is 1.93. The molecule has 0 N–H and O–H groups in total. The highest BCUT2D eigenvalue weighted by Crippen LogP contribution is 2.16. The van der Waals surface area contributed by atoms with Crippen LogP contribution in [0.5, 0.6) is 0 Å². The van der Waals surface area contributed by atoms with Gasteiger partial charge < -0.3 is 9.64 Å². The van der Waals surface area contributed by atoms with Crippen LogP contribution >= 0.6 is 11.6 Å². The molecular weight excluding hydrogens is 252 g/mol. The number of amidine groups is 1. The smallest absolute Gasteiger partial charge is 0.167 e. The molecule has 0 bridgehead atoms. The van der Waals surface area contributed by atoms with Gasteiger partial charge in [-0.25, -0.2) is 9.98 Å². The maximum atomic E-state index is 8.78. The molecule has 94 valence electrons. The second-order valence-electron chi connectivity index (χ2n) is 3.94. The monoisotopic (exact) mass is 264 g/mol. The zero-order chi connectivity index (χ0) is 13.0. The van der Waals surface area contributed by atoms with E-state index < -0.39 is 0 Å². The van der Waals surface area contributed by atoms with Crippen LogP contribution in [-0.4, -0.2) is 35.6 Å². The highest BCUT2D eigenvalue weighted by Gasteiger charge is 2.24. The molecule has 5 nitrogen and oxygen atoms in total. The lowest BCUT2D eigenvalue weighted by Crippen LogP contribution is -2.29. The van der Waals surface area contributed by atoms with Gasteiger partial charge in [0, 0.05) is 19.9 Å². The first-order chi connectivity index (χ1) is 8.72. The standard InChI is InChI=1S/C12H13ClN4O/c1-18-12-8-17(11(16-12)4-5-14)7-9-2-3-10(13)15-6-9/h2-3,6,12H,4,7-8H2,1H3. The van der Waals surface area contributed by atoms with Gasteiger partial charge in [0.1, 0.15) is 11.0 Å². The Hall–Kier alpha value is -1.64. The van der Waals surface area contributed by atoms with Gasteiger partial charge >= 0.3 is 0 Å². The zero-order valence-corrected chi connectivity index (χ0v) is 10.8. The van der Waals surface area contributed by atoms with Crippen LogP contribution in [0.3, 0.4) is 0 Å². The van der Waals surface area contributed by atoms with E-state index in [2.05, 4.69) is 16.0 Å². The van der Waals surface area contributed by atoms with E-state index >= 15 is 0 Å². The van der Waals surface area contributed by atoms with Crippen LogP contribution in [-0.2, 0) is 11.3 Å². The number of aromatic nitrogens is 1. The number of methoxy groups -OCH3 is 1. The molecule has 0 fully saturated rings. The van der Waals surface area contributed by atoms with E-state index in [9.17, 15) is 0 Å². The molecular formula is C12H13ClN4O. The van der Waals surface area contributed by atoms with Crippen LogP contribution < -0.4 is 0 Å². The molecule has 18 heavy (non-hydrogen) atoms. The normalized spacial score (nSPS) is 18.6. The molecule has 1 aromatic rings. The quantitative estimate of drug-likeness (QED) is 0.779. The van der Waals surface area contributed by atoms with Gasteiger partial charge in [-0.05, 0) is 11.6 Å². The van der Waals surface area contributed by atoms with Gasteiger partial charge in [0.05, 0.1) is 19.0 Å². The number of hydrogen-bond donors (Lipinski definition) is 0. The third-order valence-corrected chi connectivity index (χ3v) is 2.93. The van der Waals surface area contributed by atoms with Gasteiger partial charge in [-0.2, -0.15) is 5.26 Å². The van der Waals surface area contributed by atoms with Crippen LogP contribution in [0.15, 0.2) is 23.3 Å². The van der Waals surface area contributed by atoms with E-state index in [0.717, 1.165) is 11.4 Å². The lowest BCUT2D eigenvalue weighted by atomic mass is 10.2. The third kappa shape index (κ3) is 2.97. The summed E-state index contributed by atoms with van der Waals surface area (Å²) in [5.74, 6) is 0.763. The summed E-state index contributed by atoms with van der Waals surface area (Å²) < 4.78 is 5.20. The predicted molar refractivity (Wildman–Crippen MR) is 68.1 cm³/mol. The van der Waals surface area contributed by atoms with Crippen molar-refractivity contribution < 1.29 is 4.74 Å². The first kappa shape index (κ1) is 12.8. The lowest BCUT2D eigenvalue weighted by Gasteiger charge is -2.19. The number of halogens is 1. The van der Waals surface area contributed by atoms with Gasteiger partial charge in [-0.15, -0.1) is 0 Å². The van der Waals surface area contributed by atoms with Gasteiger partial charge in [0.2, 0.25) is 0 Å². The summed E-state index contributed by atoms with van der Waals surface area (Å²) in [7, 11) is 1.62. The fraction of sp³-hybridized carbons (Fsp3) is 0.417. The Morgan fingerprint density at radius 3 is 3.06 bits per heavy atom. The summed E-state index contributed by atoms with van der Waals surface area (Å²) in [6.07, 6.45) is 1.83. The van der Waals surface area contributed by atoms with Crippen molar-refractivity contribution in [3.05, 3.63) is 29.0 Å². The number of nitrogens with zero attached hydrogens (tertiary/aromatic N) is 4. The largest absolute Gasteiger partial charge is 0.358 e. The van der Waals surface area contributed by atoms with Crippen molar-refractivity contribution in [3.8, 4) is 6.07 Å². The Balaban J connectivity index is 2.07. The van der Waals surface area contributed by atoms with Gasteiger partial charge in [0.15, 0.2) is 6.23 Å². The average molecular weight is 265 g/mol. The highest BCUT2D eigenvalue weighted by molar-refractivity contribution is 6.29. The maximum Gasteiger partial charge on any atom is 0.167 e. The van der Waals surface area contributed by atoms with Crippen LogP contribution in [0, 0.1) is 11.3 Å². The second-order valence-corrected chi connectivity index (χ2v) is 4.33. The molecule has 2 rings (SSSR count). The molecule has 0 aromatic carbocycles. The van der Waals surface area contributed by atoms with E-state index in [0.29, 0.717) is 24.7 Å². The van der Waals surface area contributed by atoms with Crippen LogP contribution in [0.4, 0.5) is 0 Å². The first-order valence-corrected chi connectivity index (χ1v) is 5.92. The molecule has 1 aliphatic rings. The van der Waals surface area contributed by atoms with Crippen molar-refractivity contribution in [2.75, 3.05) is 13.7 Å². The number of pyridine rings is 1. The number of nitriles is 1. The Morgan fingerprint density at radius 2 is 2.44 bits per heavy atom. The van der Waals surface area contributed by atoms with Crippen molar-refractivity contribution in [2.24, 2.45) is 4.99 Å². The molecule has 6 heteroatoms. The molecule has 1 aromatic heterocycles. The maximum absolute atomic E-state index is 8.78. The minimum absolute atomic E-state index is 0.186. The van der Waals surface area contributed by atoms with Crippen molar-refractivity contribution in [3.63, 3.8) is 0 Å². The third-order valence-electron chi connectivity index (χ3n) is 2.71. The highest BCUT2D eigenvalue weighted by atomic mass is 35.5. The van der Waals surface area contributed by atoms with Crippen molar-refractivity contribution in [2.45, 2.75) is 19.2 Å². The van der Waals surface area contributed by atoms with Crippen molar-refractivity contribution in [1.82, 2.24) is 9.88 Å². The molecule has 0 amide bonds. The van der Waals surface area contributed by atoms with Crippen LogP contribution in [0.25, 0.3) is 0 Å². The Bertz CT molecular complexity index is 480.